The topological polar surface area (TPSA) is 26.0 Å². The molecule has 0 aliphatic carbocycles. The van der Waals surface area contributed by atoms with Gasteiger partial charge < -0.3 is 5.73 Å². The number of hydrogen-bond donors (Lipinski definition) is 1. The fraction of sp³-hybridized carbons (Fsp3) is 0.250. The number of alkyl halides is 3. The molecule has 0 saturated carbocycles. The average Bonchev–Trinajstić information content (AvgIpc) is 2.08. The van der Waals surface area contributed by atoms with E-state index in [0.717, 1.165) is 0 Å². The van der Waals surface area contributed by atoms with Crippen molar-refractivity contribution in [1.29, 1.82) is 0 Å². The Morgan fingerprint density at radius 2 is 1.38 bits per heavy atom. The van der Waals surface area contributed by atoms with Gasteiger partial charge in [0.1, 0.15) is 11.9 Å². The van der Waals surface area contributed by atoms with E-state index < -0.39 is 35.2 Å². The highest BCUT2D eigenvalue weighted by molar-refractivity contribution is 5.85. The number of nitrogens with two attached hydrogens (primary N) is 1. The van der Waals surface area contributed by atoms with E-state index in [0.29, 0.717) is 0 Å². The molecule has 0 heterocycles. The summed E-state index contributed by atoms with van der Waals surface area (Å²) in [6.45, 7) is 0. The minimum Gasteiger partial charge on any atom is -0.316 e. The Morgan fingerprint density at radius 3 is 1.81 bits per heavy atom. The van der Waals surface area contributed by atoms with Crippen molar-refractivity contribution in [2.24, 2.45) is 5.73 Å². The quantitative estimate of drug-likeness (QED) is 0.613. The molecule has 0 amide bonds. The van der Waals surface area contributed by atoms with E-state index in [1.165, 1.54) is 0 Å². The number of halogens is 7. The maximum atomic E-state index is 12.8. The van der Waals surface area contributed by atoms with Crippen LogP contribution in [0.5, 0.6) is 0 Å². The lowest BCUT2D eigenvalue weighted by molar-refractivity contribution is -0.149. The lowest BCUT2D eigenvalue weighted by atomic mass is 10.1. The molecule has 1 aromatic carbocycles. The second-order valence-electron chi connectivity index (χ2n) is 2.81. The molecule has 0 aliphatic rings. The van der Waals surface area contributed by atoms with Gasteiger partial charge in [0.05, 0.1) is 0 Å². The molecule has 92 valence electrons. The van der Waals surface area contributed by atoms with Gasteiger partial charge in [-0.25, -0.2) is 13.2 Å². The second kappa shape index (κ2) is 4.92. The molecular formula is C8H6ClF6N. The van der Waals surface area contributed by atoms with Crippen LogP contribution in [0.3, 0.4) is 0 Å². The van der Waals surface area contributed by atoms with Crippen molar-refractivity contribution in [3.63, 3.8) is 0 Å². The number of rotatable bonds is 1. The van der Waals surface area contributed by atoms with Gasteiger partial charge in [-0.3, -0.25) is 0 Å². The minimum absolute atomic E-state index is 0. The molecule has 2 N–H and O–H groups in total. The van der Waals surface area contributed by atoms with E-state index in [9.17, 15) is 26.3 Å². The molecule has 0 spiro atoms. The summed E-state index contributed by atoms with van der Waals surface area (Å²) in [7, 11) is 0. The van der Waals surface area contributed by atoms with Gasteiger partial charge in [0, 0.05) is 11.6 Å². The Morgan fingerprint density at radius 1 is 0.938 bits per heavy atom. The van der Waals surface area contributed by atoms with Crippen LogP contribution in [0.1, 0.15) is 11.6 Å². The third kappa shape index (κ3) is 3.02. The molecule has 0 saturated heterocycles. The smallest absolute Gasteiger partial charge is 0.316 e. The highest BCUT2D eigenvalue weighted by Crippen LogP contribution is 2.32. The van der Waals surface area contributed by atoms with Crippen molar-refractivity contribution in [3.8, 4) is 0 Å². The van der Waals surface area contributed by atoms with Crippen LogP contribution in [0.15, 0.2) is 12.1 Å². The molecule has 0 radical (unpaired) electrons. The van der Waals surface area contributed by atoms with E-state index in [-0.39, 0.29) is 24.5 Å². The first-order valence-corrected chi connectivity index (χ1v) is 3.70. The fourth-order valence-electron chi connectivity index (χ4n) is 0.953. The van der Waals surface area contributed by atoms with Crippen LogP contribution in [-0.2, 0) is 0 Å². The zero-order chi connectivity index (χ0) is 11.8. The summed E-state index contributed by atoms with van der Waals surface area (Å²) in [6.07, 6.45) is -4.91. The van der Waals surface area contributed by atoms with Gasteiger partial charge in [-0.05, 0) is 6.07 Å². The molecule has 0 aliphatic heterocycles. The van der Waals surface area contributed by atoms with Crippen LogP contribution in [0.25, 0.3) is 0 Å². The van der Waals surface area contributed by atoms with Crippen LogP contribution in [-0.4, -0.2) is 6.18 Å². The molecule has 8 heteroatoms. The molecule has 1 aromatic rings. The van der Waals surface area contributed by atoms with Crippen molar-refractivity contribution >= 4 is 12.4 Å². The van der Waals surface area contributed by atoms with Gasteiger partial charge in [-0.1, -0.05) is 0 Å². The van der Waals surface area contributed by atoms with E-state index in [2.05, 4.69) is 5.73 Å². The highest BCUT2D eigenvalue weighted by Gasteiger charge is 2.39. The lowest BCUT2D eigenvalue weighted by Gasteiger charge is -2.16. The van der Waals surface area contributed by atoms with E-state index in [1.807, 2.05) is 0 Å². The third-order valence-corrected chi connectivity index (χ3v) is 1.73. The monoisotopic (exact) mass is 265 g/mol. The van der Waals surface area contributed by atoms with Crippen LogP contribution in [0, 0.1) is 17.5 Å². The van der Waals surface area contributed by atoms with E-state index >= 15 is 0 Å². The summed E-state index contributed by atoms with van der Waals surface area (Å²) < 4.78 is 73.9. The minimum atomic E-state index is -4.91. The Hall–Kier alpha value is -0.950. The van der Waals surface area contributed by atoms with Gasteiger partial charge in [-0.15, -0.1) is 12.4 Å². The number of hydrogen-bond acceptors (Lipinski definition) is 1. The van der Waals surface area contributed by atoms with Gasteiger partial charge in [0.25, 0.3) is 0 Å². The molecule has 0 fully saturated rings. The van der Waals surface area contributed by atoms with Crippen molar-refractivity contribution in [1.82, 2.24) is 0 Å². The van der Waals surface area contributed by atoms with Crippen LogP contribution < -0.4 is 5.73 Å². The first-order valence-electron chi connectivity index (χ1n) is 3.70. The van der Waals surface area contributed by atoms with Crippen molar-refractivity contribution in [2.75, 3.05) is 0 Å². The fourth-order valence-corrected chi connectivity index (χ4v) is 0.953. The zero-order valence-corrected chi connectivity index (χ0v) is 8.30. The normalized spacial score (nSPS) is 13.2. The second-order valence-corrected chi connectivity index (χ2v) is 2.81. The van der Waals surface area contributed by atoms with Gasteiger partial charge >= 0.3 is 6.18 Å². The number of benzene rings is 1. The summed E-state index contributed by atoms with van der Waals surface area (Å²) in [5.74, 6) is -4.67. The largest absolute Gasteiger partial charge is 0.407 e. The zero-order valence-electron chi connectivity index (χ0n) is 7.49. The molecule has 0 unspecified atom stereocenters. The first kappa shape index (κ1) is 15.0. The molecule has 1 rings (SSSR count). The SMILES string of the molecule is Cl.N[C@H](c1cc(F)c(F)cc1F)C(F)(F)F. The Kier molecular flexibility index (Phi) is 4.63. The lowest BCUT2D eigenvalue weighted by Crippen LogP contribution is -2.29. The molecule has 0 aromatic heterocycles. The summed E-state index contributed by atoms with van der Waals surface area (Å²) >= 11 is 0. The van der Waals surface area contributed by atoms with Gasteiger partial charge in [0.2, 0.25) is 0 Å². The summed E-state index contributed by atoms with van der Waals surface area (Å²) in [5.41, 5.74) is 3.51. The third-order valence-electron chi connectivity index (χ3n) is 1.73. The Bertz CT molecular complexity index is 378. The van der Waals surface area contributed by atoms with Crippen LogP contribution in [0.4, 0.5) is 26.3 Å². The molecule has 1 nitrogen and oxygen atoms in total. The standard InChI is InChI=1S/C8H5F6N.ClH/c9-4-2-6(11)5(10)1-3(4)7(15)8(12,13)14;/h1-2,7H,15H2;1H/t7-;/m1./s1. The molecule has 16 heavy (non-hydrogen) atoms. The van der Waals surface area contributed by atoms with Gasteiger partial charge in [-0.2, -0.15) is 13.2 Å². The molecule has 0 bridgehead atoms. The van der Waals surface area contributed by atoms with E-state index in [1.54, 1.807) is 0 Å². The molecule has 1 atom stereocenters. The highest BCUT2D eigenvalue weighted by atomic mass is 35.5. The maximum absolute atomic E-state index is 12.8. The van der Waals surface area contributed by atoms with E-state index in [4.69, 9.17) is 0 Å². The Balaban J connectivity index is 0.00000225. The predicted octanol–water partition coefficient (Wildman–Crippen LogP) is 3.09. The first-order chi connectivity index (χ1) is 6.73. The summed E-state index contributed by atoms with van der Waals surface area (Å²) in [4.78, 5) is 0. The Labute approximate surface area is 92.6 Å². The summed E-state index contributed by atoms with van der Waals surface area (Å²) in [6, 6.07) is -2.55. The molecular weight excluding hydrogens is 260 g/mol. The maximum Gasteiger partial charge on any atom is 0.407 e. The average molecular weight is 266 g/mol. The summed E-state index contributed by atoms with van der Waals surface area (Å²) in [5, 5.41) is 0. The van der Waals surface area contributed by atoms with Crippen LogP contribution in [0.2, 0.25) is 0 Å². The van der Waals surface area contributed by atoms with Crippen LogP contribution >= 0.6 is 12.4 Å². The van der Waals surface area contributed by atoms with Crippen molar-refractivity contribution < 1.29 is 26.3 Å². The van der Waals surface area contributed by atoms with Crippen molar-refractivity contribution in [2.45, 2.75) is 12.2 Å². The van der Waals surface area contributed by atoms with Gasteiger partial charge in [0.15, 0.2) is 11.6 Å². The van der Waals surface area contributed by atoms with Crippen molar-refractivity contribution in [3.05, 3.63) is 35.1 Å². The predicted molar refractivity (Wildman–Crippen MR) is 46.5 cm³/mol.